The predicted molar refractivity (Wildman–Crippen MR) is 84.2 cm³/mol. The van der Waals surface area contributed by atoms with Crippen LogP contribution in [0, 0.1) is 0 Å². The number of rotatable bonds is 6. The summed E-state index contributed by atoms with van der Waals surface area (Å²) in [4.78, 5) is 24.0. The second-order valence-corrected chi connectivity index (χ2v) is 4.87. The van der Waals surface area contributed by atoms with Gasteiger partial charge >= 0.3 is 5.69 Å². The van der Waals surface area contributed by atoms with Crippen molar-refractivity contribution >= 4 is 11.6 Å². The second kappa shape index (κ2) is 6.92. The number of nitrogens with zero attached hydrogens (tertiary/aromatic N) is 4. The molecule has 3 rings (SSSR count). The fourth-order valence-electron chi connectivity index (χ4n) is 2.04. The lowest BCUT2D eigenvalue weighted by atomic mass is 10.2. The van der Waals surface area contributed by atoms with Crippen LogP contribution in [0.3, 0.4) is 0 Å². The summed E-state index contributed by atoms with van der Waals surface area (Å²) in [5.74, 6) is -0.133. The van der Waals surface area contributed by atoms with Gasteiger partial charge in [0.05, 0.1) is 25.1 Å². The molecule has 2 heterocycles. The molecule has 2 aromatic heterocycles. The number of furan rings is 1. The Balaban J connectivity index is 1.74. The minimum atomic E-state index is -0.362. The molecule has 0 aliphatic heterocycles. The molecule has 1 amide bonds. The average Bonchev–Trinajstić information content (AvgIpc) is 3.24. The van der Waals surface area contributed by atoms with Gasteiger partial charge in [-0.15, -0.1) is 0 Å². The van der Waals surface area contributed by atoms with E-state index in [4.69, 9.17) is 9.15 Å². The van der Waals surface area contributed by atoms with Crippen LogP contribution in [0.1, 0.15) is 10.6 Å². The van der Waals surface area contributed by atoms with Gasteiger partial charge in [0.1, 0.15) is 0 Å². The number of hydrogen-bond donors (Lipinski definition) is 1. The molecular weight excluding hydrogens is 314 g/mol. The van der Waals surface area contributed by atoms with E-state index in [9.17, 15) is 9.59 Å². The SMILES string of the molecule is COCCn1nnn(-c2ccc(NC(=O)c3ccco3)cc2)c1=O. The summed E-state index contributed by atoms with van der Waals surface area (Å²) < 4.78 is 12.3. The second-order valence-electron chi connectivity index (χ2n) is 4.87. The standard InChI is InChI=1S/C15H15N5O4/c1-23-10-8-19-15(22)20(18-17-19)12-6-4-11(5-7-12)16-14(21)13-3-2-9-24-13/h2-7,9H,8,10H2,1H3,(H,16,21). The first-order chi connectivity index (χ1) is 11.7. The van der Waals surface area contributed by atoms with Gasteiger partial charge in [-0.25, -0.2) is 4.79 Å². The normalized spacial score (nSPS) is 10.7. The minimum Gasteiger partial charge on any atom is -0.459 e. The van der Waals surface area contributed by atoms with E-state index >= 15 is 0 Å². The van der Waals surface area contributed by atoms with Crippen LogP contribution in [-0.2, 0) is 11.3 Å². The van der Waals surface area contributed by atoms with Crippen molar-refractivity contribution in [3.05, 3.63) is 58.9 Å². The summed E-state index contributed by atoms with van der Waals surface area (Å²) in [7, 11) is 1.55. The molecule has 3 aromatic rings. The fourth-order valence-corrected chi connectivity index (χ4v) is 2.04. The largest absolute Gasteiger partial charge is 0.459 e. The van der Waals surface area contributed by atoms with Gasteiger partial charge in [-0.1, -0.05) is 0 Å². The molecule has 0 aliphatic carbocycles. The van der Waals surface area contributed by atoms with Crippen LogP contribution < -0.4 is 11.0 Å². The Kier molecular flexibility index (Phi) is 4.52. The van der Waals surface area contributed by atoms with Gasteiger partial charge in [0.25, 0.3) is 5.91 Å². The molecule has 0 spiro atoms. The zero-order valence-corrected chi connectivity index (χ0v) is 12.9. The molecule has 1 aromatic carbocycles. The fraction of sp³-hybridized carbons (Fsp3) is 0.200. The van der Waals surface area contributed by atoms with Gasteiger partial charge in [-0.2, -0.15) is 9.36 Å². The van der Waals surface area contributed by atoms with Gasteiger partial charge in [-0.05, 0) is 46.8 Å². The third-order valence-corrected chi connectivity index (χ3v) is 3.26. The van der Waals surface area contributed by atoms with Crippen LogP contribution in [0.25, 0.3) is 5.69 Å². The van der Waals surface area contributed by atoms with Crippen molar-refractivity contribution in [1.29, 1.82) is 0 Å². The number of benzene rings is 1. The molecule has 0 saturated carbocycles. The maximum absolute atomic E-state index is 12.2. The number of tetrazole rings is 1. The Hall–Kier alpha value is -3.20. The third kappa shape index (κ3) is 3.25. The van der Waals surface area contributed by atoms with Gasteiger partial charge in [0.15, 0.2) is 5.76 Å². The number of hydrogen-bond acceptors (Lipinski definition) is 6. The highest BCUT2D eigenvalue weighted by Gasteiger charge is 2.11. The predicted octanol–water partition coefficient (Wildman–Crippen LogP) is 0.921. The van der Waals surface area contributed by atoms with Crippen molar-refractivity contribution in [2.45, 2.75) is 6.54 Å². The molecule has 124 valence electrons. The third-order valence-electron chi connectivity index (χ3n) is 3.26. The molecule has 9 heteroatoms. The van der Waals surface area contributed by atoms with Crippen molar-refractivity contribution in [3.8, 4) is 5.69 Å². The molecule has 24 heavy (non-hydrogen) atoms. The van der Waals surface area contributed by atoms with E-state index in [-0.39, 0.29) is 17.4 Å². The average molecular weight is 329 g/mol. The van der Waals surface area contributed by atoms with Crippen molar-refractivity contribution < 1.29 is 13.9 Å². The number of nitrogens with one attached hydrogen (secondary N) is 1. The zero-order valence-electron chi connectivity index (χ0n) is 12.9. The Labute approximate surface area is 136 Å². The Morgan fingerprint density at radius 2 is 2.04 bits per heavy atom. The number of anilines is 1. The summed E-state index contributed by atoms with van der Waals surface area (Å²) >= 11 is 0. The minimum absolute atomic E-state index is 0.219. The summed E-state index contributed by atoms with van der Waals surface area (Å²) in [6.45, 7) is 0.697. The Morgan fingerprint density at radius 3 is 2.71 bits per heavy atom. The molecule has 1 N–H and O–H groups in total. The van der Waals surface area contributed by atoms with Crippen molar-refractivity contribution in [1.82, 2.24) is 19.8 Å². The van der Waals surface area contributed by atoms with Gasteiger partial charge in [-0.3, -0.25) is 4.79 Å². The Bertz CT molecular complexity index is 864. The first-order valence-corrected chi connectivity index (χ1v) is 7.16. The lowest BCUT2D eigenvalue weighted by Gasteiger charge is -2.04. The summed E-state index contributed by atoms with van der Waals surface area (Å²) in [6.07, 6.45) is 1.43. The lowest BCUT2D eigenvalue weighted by molar-refractivity contribution is 0.0996. The maximum atomic E-state index is 12.2. The van der Waals surface area contributed by atoms with Crippen LogP contribution in [0.15, 0.2) is 51.9 Å². The van der Waals surface area contributed by atoms with E-state index in [0.29, 0.717) is 24.5 Å². The Morgan fingerprint density at radius 1 is 1.25 bits per heavy atom. The molecule has 9 nitrogen and oxygen atoms in total. The lowest BCUT2D eigenvalue weighted by Crippen LogP contribution is -2.25. The molecular formula is C15H15N5O4. The maximum Gasteiger partial charge on any atom is 0.368 e. The van der Waals surface area contributed by atoms with Crippen LogP contribution in [0.4, 0.5) is 5.69 Å². The molecule has 0 aliphatic rings. The number of methoxy groups -OCH3 is 1. The number of aromatic nitrogens is 4. The quantitative estimate of drug-likeness (QED) is 0.721. The highest BCUT2D eigenvalue weighted by Crippen LogP contribution is 2.13. The van der Waals surface area contributed by atoms with E-state index in [1.54, 1.807) is 43.5 Å². The molecule has 0 radical (unpaired) electrons. The summed E-state index contributed by atoms with van der Waals surface area (Å²) in [5, 5.41) is 10.3. The summed E-state index contributed by atoms with van der Waals surface area (Å²) in [6, 6.07) is 9.86. The smallest absolute Gasteiger partial charge is 0.368 e. The van der Waals surface area contributed by atoms with Crippen molar-refractivity contribution in [2.75, 3.05) is 19.0 Å². The number of carbonyl (C=O) groups is 1. The first kappa shape index (κ1) is 15.7. The number of carbonyl (C=O) groups excluding carboxylic acids is 1. The van der Waals surface area contributed by atoms with Gasteiger partial charge in [0, 0.05) is 12.8 Å². The monoisotopic (exact) mass is 329 g/mol. The van der Waals surface area contributed by atoms with Crippen molar-refractivity contribution in [3.63, 3.8) is 0 Å². The molecule has 0 atom stereocenters. The summed E-state index contributed by atoms with van der Waals surface area (Å²) in [5.41, 5.74) is 0.749. The molecule has 0 bridgehead atoms. The van der Waals surface area contributed by atoms with Crippen LogP contribution >= 0.6 is 0 Å². The molecule has 0 fully saturated rings. The topological polar surface area (TPSA) is 104 Å². The first-order valence-electron chi connectivity index (χ1n) is 7.16. The molecule has 0 saturated heterocycles. The highest BCUT2D eigenvalue weighted by molar-refractivity contribution is 6.02. The number of ether oxygens (including phenoxy) is 1. The van der Waals surface area contributed by atoms with Crippen LogP contribution in [-0.4, -0.2) is 39.4 Å². The highest BCUT2D eigenvalue weighted by atomic mass is 16.5. The number of amides is 1. The molecule has 0 unspecified atom stereocenters. The van der Waals surface area contributed by atoms with Gasteiger partial charge in [0.2, 0.25) is 0 Å². The van der Waals surface area contributed by atoms with E-state index < -0.39 is 0 Å². The van der Waals surface area contributed by atoms with E-state index in [1.807, 2.05) is 0 Å². The van der Waals surface area contributed by atoms with Crippen LogP contribution in [0.2, 0.25) is 0 Å². The van der Waals surface area contributed by atoms with E-state index in [2.05, 4.69) is 15.7 Å². The zero-order chi connectivity index (χ0) is 16.9. The van der Waals surface area contributed by atoms with E-state index in [1.165, 1.54) is 15.6 Å². The van der Waals surface area contributed by atoms with Gasteiger partial charge < -0.3 is 14.5 Å². The van der Waals surface area contributed by atoms with Crippen molar-refractivity contribution in [2.24, 2.45) is 0 Å². The van der Waals surface area contributed by atoms with E-state index in [0.717, 1.165) is 0 Å². The van der Waals surface area contributed by atoms with Crippen LogP contribution in [0.5, 0.6) is 0 Å².